The van der Waals surface area contributed by atoms with E-state index in [1.165, 1.54) is 44.5 Å². The minimum Gasteiger partial charge on any atom is -0.247 e. The Kier molecular flexibility index (Phi) is 9.04. The molecule has 2 heterocycles. The lowest BCUT2D eigenvalue weighted by Gasteiger charge is -2.30. The molecule has 2 aliphatic rings. The van der Waals surface area contributed by atoms with Gasteiger partial charge in [0.1, 0.15) is 0 Å². The van der Waals surface area contributed by atoms with Gasteiger partial charge in [-0.1, -0.05) is 218 Å². The first-order valence-corrected chi connectivity index (χ1v) is 22.8. The average Bonchev–Trinajstić information content (AvgIpc) is 3.88. The van der Waals surface area contributed by atoms with Gasteiger partial charge in [0.15, 0.2) is 17.5 Å². The topological polar surface area (TPSA) is 51.6 Å². The van der Waals surface area contributed by atoms with E-state index in [0.717, 1.165) is 61.5 Å². The summed E-state index contributed by atoms with van der Waals surface area (Å²) in [6.45, 7) is 0. The van der Waals surface area contributed by atoms with Crippen LogP contribution in [0.1, 0.15) is 22.3 Å². The van der Waals surface area contributed by atoms with Crippen molar-refractivity contribution in [3.05, 3.63) is 265 Å². The van der Waals surface area contributed by atoms with Crippen LogP contribution in [0.25, 0.3) is 101 Å². The summed E-state index contributed by atoms with van der Waals surface area (Å²) in [5.74, 6) is 1.86. The Balaban J connectivity index is 0.951. The molecular weight excluding hydrogens is 813 g/mol. The van der Waals surface area contributed by atoms with Crippen LogP contribution >= 0.6 is 0 Å². The van der Waals surface area contributed by atoms with Gasteiger partial charge in [0.05, 0.1) is 16.8 Å². The smallest absolute Gasteiger partial charge is 0.164 e. The molecule has 13 rings (SSSR count). The first kappa shape index (κ1) is 38.6. The van der Waals surface area contributed by atoms with Crippen molar-refractivity contribution in [1.29, 1.82) is 0 Å². The molecular formula is C63H40N4. The predicted molar refractivity (Wildman–Crippen MR) is 272 cm³/mol. The maximum atomic E-state index is 5.32. The molecule has 1 spiro atoms. The van der Waals surface area contributed by atoms with Gasteiger partial charge in [-0.3, -0.25) is 0 Å². The Morgan fingerprint density at radius 1 is 0.224 bits per heavy atom. The maximum absolute atomic E-state index is 5.32. The number of hydrogen-bond acceptors (Lipinski definition) is 4. The lowest BCUT2D eigenvalue weighted by Crippen LogP contribution is -2.25. The van der Waals surface area contributed by atoms with Gasteiger partial charge in [0.2, 0.25) is 0 Å². The first-order valence-electron chi connectivity index (χ1n) is 22.8. The quantitative estimate of drug-likeness (QED) is 0.160. The van der Waals surface area contributed by atoms with Crippen LogP contribution in [0.15, 0.2) is 243 Å². The minimum absolute atomic E-state index is 0.421. The van der Waals surface area contributed by atoms with Gasteiger partial charge in [-0.2, -0.15) is 0 Å². The van der Waals surface area contributed by atoms with E-state index in [9.17, 15) is 0 Å². The van der Waals surface area contributed by atoms with Gasteiger partial charge in [0, 0.05) is 33.4 Å². The summed E-state index contributed by atoms with van der Waals surface area (Å²) < 4.78 is 0. The van der Waals surface area contributed by atoms with Crippen LogP contribution < -0.4 is 0 Å². The second kappa shape index (κ2) is 15.7. The third kappa shape index (κ3) is 6.22. The van der Waals surface area contributed by atoms with Crippen molar-refractivity contribution in [2.24, 2.45) is 0 Å². The Labute approximate surface area is 389 Å². The van der Waals surface area contributed by atoms with Crippen LogP contribution in [0, 0.1) is 0 Å². The highest BCUT2D eigenvalue weighted by atomic mass is 15.0. The van der Waals surface area contributed by atoms with Crippen LogP contribution in [0.2, 0.25) is 0 Å². The Morgan fingerprint density at radius 2 is 0.657 bits per heavy atom. The maximum Gasteiger partial charge on any atom is 0.164 e. The summed E-state index contributed by atoms with van der Waals surface area (Å²) in [7, 11) is 0. The van der Waals surface area contributed by atoms with E-state index in [1.54, 1.807) is 0 Å². The molecule has 4 heteroatoms. The third-order valence-electron chi connectivity index (χ3n) is 13.6. The molecule has 0 saturated carbocycles. The van der Waals surface area contributed by atoms with Crippen molar-refractivity contribution < 1.29 is 0 Å². The van der Waals surface area contributed by atoms with E-state index in [1.807, 2.05) is 30.3 Å². The summed E-state index contributed by atoms with van der Waals surface area (Å²) >= 11 is 0. The second-order valence-corrected chi connectivity index (χ2v) is 17.3. The van der Waals surface area contributed by atoms with Crippen LogP contribution in [0.3, 0.4) is 0 Å². The summed E-state index contributed by atoms with van der Waals surface area (Å²) in [4.78, 5) is 21.0. The molecule has 4 nitrogen and oxygen atoms in total. The van der Waals surface area contributed by atoms with E-state index in [-0.39, 0.29) is 0 Å². The van der Waals surface area contributed by atoms with Crippen molar-refractivity contribution in [3.63, 3.8) is 0 Å². The number of nitrogens with zero attached hydrogens (tertiary/aromatic N) is 4. The highest BCUT2D eigenvalue weighted by Gasteiger charge is 2.51. The first-order chi connectivity index (χ1) is 33.2. The zero-order valence-corrected chi connectivity index (χ0v) is 36.4. The average molecular weight is 853 g/mol. The molecule has 2 aromatic heterocycles. The highest BCUT2D eigenvalue weighted by molar-refractivity contribution is 5.96. The summed E-state index contributed by atoms with van der Waals surface area (Å²) in [5, 5.41) is 0. The van der Waals surface area contributed by atoms with Crippen LogP contribution in [-0.4, -0.2) is 19.9 Å². The van der Waals surface area contributed by atoms with E-state index >= 15 is 0 Å². The minimum atomic E-state index is -0.421. The third-order valence-corrected chi connectivity index (χ3v) is 13.6. The molecule has 11 aromatic rings. The standard InChI is InChI=1S/C63H40N4/c1-4-19-41(20-5-1)58-38-36-52(59(64-58)42-21-6-2-7-22-42)48-28-11-10-27-47(48)44-25-18-26-45(39-44)61-65-60(43-23-8-3-9-24-43)66-62(67-61)46-35-37-57-53(40-46)51-31-14-17-34-56(51)63(57)54-32-15-12-29-49(54)50-30-13-16-33-55(50)63/h1-40H. The number of rotatable bonds is 7. The van der Waals surface area contributed by atoms with Gasteiger partial charge in [-0.15, -0.1) is 0 Å². The lowest BCUT2D eigenvalue weighted by atomic mass is 9.70. The molecule has 0 N–H and O–H groups in total. The molecule has 2 aliphatic carbocycles. The van der Waals surface area contributed by atoms with Crippen LogP contribution in [0.4, 0.5) is 0 Å². The van der Waals surface area contributed by atoms with Crippen molar-refractivity contribution in [2.75, 3.05) is 0 Å². The predicted octanol–water partition coefficient (Wildman–Crippen LogP) is 15.3. The molecule has 0 unspecified atom stereocenters. The Hall–Kier alpha value is -8.86. The van der Waals surface area contributed by atoms with Crippen molar-refractivity contribution in [2.45, 2.75) is 5.41 Å². The second-order valence-electron chi connectivity index (χ2n) is 17.3. The Bertz CT molecular complexity index is 3650. The summed E-state index contributed by atoms with van der Waals surface area (Å²) in [6.07, 6.45) is 0. The van der Waals surface area contributed by atoms with Crippen molar-refractivity contribution >= 4 is 0 Å². The zero-order chi connectivity index (χ0) is 44.3. The SMILES string of the molecule is c1ccc(-c2ccc(-c3ccccc3-c3cccc(-c4nc(-c5ccccc5)nc(-c5ccc6c(c5)-c5ccccc5C65c6ccccc6-c6ccccc65)n4)c3)c(-c3ccccc3)n2)cc1. The van der Waals surface area contributed by atoms with E-state index in [2.05, 4.69) is 212 Å². The summed E-state index contributed by atoms with van der Waals surface area (Å²) in [5.41, 5.74) is 20.9. The van der Waals surface area contributed by atoms with Gasteiger partial charge in [0.25, 0.3) is 0 Å². The molecule has 0 amide bonds. The molecule has 312 valence electrons. The fraction of sp³-hybridized carbons (Fsp3) is 0.0159. The molecule has 0 bridgehead atoms. The van der Waals surface area contributed by atoms with Gasteiger partial charge in [-0.05, 0) is 85.5 Å². The Morgan fingerprint density at radius 3 is 1.27 bits per heavy atom. The highest BCUT2D eigenvalue weighted by Crippen LogP contribution is 2.63. The molecule has 0 saturated heterocycles. The molecule has 0 atom stereocenters. The van der Waals surface area contributed by atoms with E-state index < -0.39 is 5.41 Å². The van der Waals surface area contributed by atoms with E-state index in [4.69, 9.17) is 19.9 Å². The normalized spacial score (nSPS) is 12.6. The zero-order valence-electron chi connectivity index (χ0n) is 36.4. The molecule has 9 aromatic carbocycles. The van der Waals surface area contributed by atoms with Crippen molar-refractivity contribution in [3.8, 4) is 101 Å². The van der Waals surface area contributed by atoms with Crippen molar-refractivity contribution in [1.82, 2.24) is 19.9 Å². The van der Waals surface area contributed by atoms with Gasteiger partial charge >= 0.3 is 0 Å². The molecule has 67 heavy (non-hydrogen) atoms. The van der Waals surface area contributed by atoms with Crippen LogP contribution in [0.5, 0.6) is 0 Å². The van der Waals surface area contributed by atoms with E-state index in [0.29, 0.717) is 17.5 Å². The molecule has 0 radical (unpaired) electrons. The molecule has 0 fully saturated rings. The monoisotopic (exact) mass is 852 g/mol. The largest absolute Gasteiger partial charge is 0.247 e. The summed E-state index contributed by atoms with van der Waals surface area (Å²) in [6, 6.07) is 86.1. The van der Waals surface area contributed by atoms with Gasteiger partial charge < -0.3 is 0 Å². The molecule has 0 aliphatic heterocycles. The number of hydrogen-bond donors (Lipinski definition) is 0. The fourth-order valence-electron chi connectivity index (χ4n) is 10.6. The van der Waals surface area contributed by atoms with Crippen LogP contribution in [-0.2, 0) is 5.41 Å². The number of pyridine rings is 1. The van der Waals surface area contributed by atoms with Gasteiger partial charge in [-0.25, -0.2) is 19.9 Å². The number of benzene rings is 9. The number of fused-ring (bicyclic) bond motifs is 10. The lowest BCUT2D eigenvalue weighted by molar-refractivity contribution is 0.794. The fourth-order valence-corrected chi connectivity index (χ4v) is 10.6. The number of aromatic nitrogens is 4.